The van der Waals surface area contributed by atoms with Gasteiger partial charge in [0.1, 0.15) is 0 Å². The minimum absolute atomic E-state index is 0.172. The van der Waals surface area contributed by atoms with Crippen molar-refractivity contribution in [3.63, 3.8) is 0 Å². The molecule has 0 aliphatic carbocycles. The van der Waals surface area contributed by atoms with E-state index in [4.69, 9.17) is 11.6 Å². The van der Waals surface area contributed by atoms with Crippen LogP contribution in [0.4, 0.5) is 13.2 Å². The lowest BCUT2D eigenvalue weighted by molar-refractivity contribution is -0.187. The number of hydrogen-bond acceptors (Lipinski definition) is 4. The van der Waals surface area contributed by atoms with Crippen LogP contribution in [0.2, 0.25) is 5.02 Å². The van der Waals surface area contributed by atoms with Crippen molar-refractivity contribution in [2.24, 2.45) is 20.7 Å². The predicted molar refractivity (Wildman–Crippen MR) is 48.9 cm³/mol. The average molecular weight is 249 g/mol. The Balaban J connectivity index is 2.54. The minimum Gasteiger partial charge on any atom is -0.166 e. The first-order valence-electron chi connectivity index (χ1n) is 4.12. The second kappa shape index (κ2) is 3.51. The molecule has 0 amide bonds. The highest BCUT2D eigenvalue weighted by Gasteiger charge is 2.60. The summed E-state index contributed by atoms with van der Waals surface area (Å²) in [5.74, 6) is 0. The SMILES string of the molecule is FC(F)(F)C1(c2ccc(Cl)cc2)N=NN=N1. The van der Waals surface area contributed by atoms with Crippen LogP contribution >= 0.6 is 11.6 Å². The second-order valence-electron chi connectivity index (χ2n) is 3.06. The molecule has 16 heavy (non-hydrogen) atoms. The van der Waals surface area contributed by atoms with E-state index < -0.39 is 11.8 Å². The molecule has 8 heteroatoms. The molecule has 0 bridgehead atoms. The summed E-state index contributed by atoms with van der Waals surface area (Å²) in [5.41, 5.74) is -2.90. The molecule has 0 N–H and O–H groups in total. The van der Waals surface area contributed by atoms with Crippen molar-refractivity contribution in [2.75, 3.05) is 0 Å². The number of hydrogen-bond donors (Lipinski definition) is 0. The van der Waals surface area contributed by atoms with Gasteiger partial charge in [-0.25, -0.2) is 0 Å². The summed E-state index contributed by atoms with van der Waals surface area (Å²) >= 11 is 5.59. The normalized spacial score (nSPS) is 18.0. The maximum Gasteiger partial charge on any atom is 0.442 e. The van der Waals surface area contributed by atoms with Crippen LogP contribution in [0, 0.1) is 0 Å². The monoisotopic (exact) mass is 248 g/mol. The summed E-state index contributed by atoms with van der Waals surface area (Å²) in [5, 5.41) is 12.3. The number of alkyl halides is 3. The van der Waals surface area contributed by atoms with E-state index in [0.29, 0.717) is 5.02 Å². The highest BCUT2D eigenvalue weighted by atomic mass is 35.5. The van der Waals surface area contributed by atoms with E-state index in [-0.39, 0.29) is 5.56 Å². The molecule has 0 atom stereocenters. The van der Waals surface area contributed by atoms with E-state index in [2.05, 4.69) is 20.7 Å². The van der Waals surface area contributed by atoms with Crippen LogP contribution < -0.4 is 0 Å². The Morgan fingerprint density at radius 3 is 1.94 bits per heavy atom. The van der Waals surface area contributed by atoms with Gasteiger partial charge in [0.15, 0.2) is 0 Å². The molecular weight excluding hydrogens is 245 g/mol. The number of halogens is 4. The van der Waals surface area contributed by atoms with E-state index in [0.717, 1.165) is 0 Å². The maximum atomic E-state index is 12.9. The lowest BCUT2D eigenvalue weighted by Crippen LogP contribution is -2.37. The topological polar surface area (TPSA) is 49.4 Å². The Labute approximate surface area is 92.8 Å². The molecular formula is C8H4ClF3N4. The Hall–Kier alpha value is -1.50. The van der Waals surface area contributed by atoms with Crippen molar-refractivity contribution in [3.05, 3.63) is 34.9 Å². The fourth-order valence-electron chi connectivity index (χ4n) is 1.26. The molecule has 0 saturated heterocycles. The molecule has 0 fully saturated rings. The third kappa shape index (κ3) is 1.57. The van der Waals surface area contributed by atoms with Crippen LogP contribution in [0.5, 0.6) is 0 Å². The summed E-state index contributed by atoms with van der Waals surface area (Å²) in [6.45, 7) is 0. The molecule has 84 valence electrons. The van der Waals surface area contributed by atoms with Crippen molar-refractivity contribution in [3.8, 4) is 0 Å². The van der Waals surface area contributed by atoms with Gasteiger partial charge in [0.2, 0.25) is 0 Å². The zero-order chi connectivity index (χ0) is 11.8. The number of nitrogens with zero attached hydrogens (tertiary/aromatic N) is 4. The van der Waals surface area contributed by atoms with Crippen LogP contribution in [0.25, 0.3) is 0 Å². The Kier molecular flexibility index (Phi) is 2.42. The lowest BCUT2D eigenvalue weighted by Gasteiger charge is -2.22. The summed E-state index contributed by atoms with van der Waals surface area (Å²) in [7, 11) is 0. The van der Waals surface area contributed by atoms with Gasteiger partial charge in [-0.1, -0.05) is 23.7 Å². The first-order valence-corrected chi connectivity index (χ1v) is 4.50. The zero-order valence-corrected chi connectivity index (χ0v) is 8.37. The Bertz CT molecular complexity index is 439. The first-order chi connectivity index (χ1) is 7.46. The number of rotatable bonds is 1. The van der Waals surface area contributed by atoms with E-state index in [9.17, 15) is 13.2 Å². The Morgan fingerprint density at radius 1 is 1.00 bits per heavy atom. The molecule has 0 radical (unpaired) electrons. The standard InChI is InChI=1S/C8H4ClF3N4/c9-6-3-1-5(2-4-6)7(8(10,11)12)13-15-16-14-7/h1-4H. The third-order valence-electron chi connectivity index (χ3n) is 2.06. The first kappa shape index (κ1) is 11.0. The van der Waals surface area contributed by atoms with Gasteiger partial charge in [-0.15, -0.1) is 10.2 Å². The van der Waals surface area contributed by atoms with Gasteiger partial charge in [-0.3, -0.25) is 0 Å². The summed E-state index contributed by atoms with van der Waals surface area (Å²) < 4.78 is 38.6. The van der Waals surface area contributed by atoms with E-state index in [1.54, 1.807) is 0 Å². The van der Waals surface area contributed by atoms with E-state index in [1.165, 1.54) is 24.3 Å². The Morgan fingerprint density at radius 2 is 1.50 bits per heavy atom. The van der Waals surface area contributed by atoms with Gasteiger partial charge in [0.05, 0.1) is 0 Å². The van der Waals surface area contributed by atoms with Crippen molar-refractivity contribution in [1.29, 1.82) is 0 Å². The molecule has 1 heterocycles. The lowest BCUT2D eigenvalue weighted by atomic mass is 10.0. The van der Waals surface area contributed by atoms with Crippen molar-refractivity contribution >= 4 is 11.6 Å². The van der Waals surface area contributed by atoms with Gasteiger partial charge in [0, 0.05) is 10.6 Å². The highest BCUT2D eigenvalue weighted by molar-refractivity contribution is 6.30. The fraction of sp³-hybridized carbons (Fsp3) is 0.250. The fourth-order valence-corrected chi connectivity index (χ4v) is 1.39. The van der Waals surface area contributed by atoms with Crippen molar-refractivity contribution in [2.45, 2.75) is 11.8 Å². The molecule has 1 aromatic carbocycles. The van der Waals surface area contributed by atoms with Crippen LogP contribution in [0.1, 0.15) is 5.56 Å². The maximum absolute atomic E-state index is 12.9. The van der Waals surface area contributed by atoms with Crippen LogP contribution in [0.15, 0.2) is 44.9 Å². The van der Waals surface area contributed by atoms with E-state index in [1.807, 2.05) is 0 Å². The molecule has 0 unspecified atom stereocenters. The molecule has 0 aromatic heterocycles. The molecule has 0 spiro atoms. The van der Waals surface area contributed by atoms with Crippen molar-refractivity contribution in [1.82, 2.24) is 0 Å². The van der Waals surface area contributed by atoms with Gasteiger partial charge in [-0.2, -0.15) is 13.2 Å². The zero-order valence-electron chi connectivity index (χ0n) is 7.61. The van der Waals surface area contributed by atoms with Crippen molar-refractivity contribution < 1.29 is 13.2 Å². The molecule has 1 aromatic rings. The highest BCUT2D eigenvalue weighted by Crippen LogP contribution is 2.46. The van der Waals surface area contributed by atoms with Crippen LogP contribution in [-0.4, -0.2) is 6.18 Å². The van der Waals surface area contributed by atoms with Gasteiger partial charge in [0.25, 0.3) is 0 Å². The van der Waals surface area contributed by atoms with Crippen LogP contribution in [-0.2, 0) is 5.66 Å². The van der Waals surface area contributed by atoms with Crippen LogP contribution in [0.3, 0.4) is 0 Å². The summed E-state index contributed by atoms with van der Waals surface area (Å²) in [4.78, 5) is 0. The third-order valence-corrected chi connectivity index (χ3v) is 2.31. The summed E-state index contributed by atoms with van der Waals surface area (Å²) in [6, 6.07) is 5.04. The van der Waals surface area contributed by atoms with Gasteiger partial charge in [-0.05, 0) is 22.6 Å². The van der Waals surface area contributed by atoms with Gasteiger partial charge < -0.3 is 0 Å². The average Bonchev–Trinajstić information content (AvgIpc) is 2.68. The largest absolute Gasteiger partial charge is 0.442 e. The molecule has 1 aliphatic heterocycles. The van der Waals surface area contributed by atoms with E-state index >= 15 is 0 Å². The second-order valence-corrected chi connectivity index (χ2v) is 3.49. The predicted octanol–water partition coefficient (Wildman–Crippen LogP) is 3.89. The molecule has 4 nitrogen and oxygen atoms in total. The summed E-state index contributed by atoms with van der Waals surface area (Å²) in [6.07, 6.45) is -4.69. The molecule has 2 rings (SSSR count). The minimum atomic E-state index is -4.69. The number of benzene rings is 1. The molecule has 0 saturated carbocycles. The smallest absolute Gasteiger partial charge is 0.166 e. The molecule has 1 aliphatic rings. The quantitative estimate of drug-likeness (QED) is 0.724. The van der Waals surface area contributed by atoms with Gasteiger partial charge >= 0.3 is 11.8 Å².